The molecule has 2 rings (SSSR count). The molecule has 1 aliphatic rings. The molecule has 0 radical (unpaired) electrons. The van der Waals surface area contributed by atoms with Gasteiger partial charge in [0.25, 0.3) is 0 Å². The fourth-order valence-electron chi connectivity index (χ4n) is 2.59. The average Bonchev–Trinajstić information content (AvgIpc) is 2.53. The number of hydrogen-bond acceptors (Lipinski definition) is 3. The van der Waals surface area contributed by atoms with E-state index in [1.54, 1.807) is 0 Å². The van der Waals surface area contributed by atoms with Crippen molar-refractivity contribution in [2.24, 2.45) is 0 Å². The van der Waals surface area contributed by atoms with Crippen LogP contribution in [0.3, 0.4) is 0 Å². The van der Waals surface area contributed by atoms with Gasteiger partial charge in [0.1, 0.15) is 0 Å². The molecule has 1 atom stereocenters. The van der Waals surface area contributed by atoms with Crippen molar-refractivity contribution < 1.29 is 4.79 Å². The molecule has 1 amide bonds. The maximum atomic E-state index is 12.2. The number of carbonyl (C=O) groups excluding carboxylic acids is 1. The van der Waals surface area contributed by atoms with Crippen molar-refractivity contribution in [1.82, 2.24) is 15.5 Å². The molecule has 4 heteroatoms. The van der Waals surface area contributed by atoms with Crippen molar-refractivity contribution in [2.75, 3.05) is 26.2 Å². The molecule has 0 aliphatic carbocycles. The normalized spacial score (nSPS) is 17.7. The third-order valence-corrected chi connectivity index (χ3v) is 4.19. The molecule has 1 aromatic carbocycles. The molecule has 1 saturated heterocycles. The summed E-state index contributed by atoms with van der Waals surface area (Å²) in [5, 5.41) is 6.35. The first kappa shape index (κ1) is 16.0. The van der Waals surface area contributed by atoms with Crippen LogP contribution >= 0.6 is 0 Å². The van der Waals surface area contributed by atoms with Crippen molar-refractivity contribution in [3.8, 4) is 0 Å². The van der Waals surface area contributed by atoms with E-state index in [0.717, 1.165) is 31.7 Å². The van der Waals surface area contributed by atoms with Gasteiger partial charge in [0.05, 0.1) is 6.04 Å². The Bertz CT molecular complexity index is 450. The quantitative estimate of drug-likeness (QED) is 0.867. The van der Waals surface area contributed by atoms with Crippen LogP contribution in [-0.2, 0) is 11.3 Å². The van der Waals surface area contributed by atoms with E-state index < -0.39 is 0 Å². The monoisotopic (exact) mass is 289 g/mol. The molecule has 1 unspecified atom stereocenters. The predicted molar refractivity (Wildman–Crippen MR) is 86.3 cm³/mol. The van der Waals surface area contributed by atoms with Gasteiger partial charge >= 0.3 is 0 Å². The van der Waals surface area contributed by atoms with Crippen LogP contribution in [0.1, 0.15) is 37.8 Å². The number of benzene rings is 1. The second kappa shape index (κ2) is 7.57. The van der Waals surface area contributed by atoms with Crippen LogP contribution in [0.15, 0.2) is 24.3 Å². The van der Waals surface area contributed by atoms with Gasteiger partial charge in [0.15, 0.2) is 0 Å². The summed E-state index contributed by atoms with van der Waals surface area (Å²) in [6.07, 6.45) is 0. The third-order valence-electron chi connectivity index (χ3n) is 4.19. The smallest absolute Gasteiger partial charge is 0.237 e. The minimum atomic E-state index is -0.0537. The summed E-state index contributed by atoms with van der Waals surface area (Å²) in [4.78, 5) is 14.4. The van der Waals surface area contributed by atoms with Gasteiger partial charge in [-0.2, -0.15) is 0 Å². The maximum Gasteiger partial charge on any atom is 0.237 e. The Kier molecular flexibility index (Phi) is 5.76. The summed E-state index contributed by atoms with van der Waals surface area (Å²) in [7, 11) is 0. The number of piperazine rings is 1. The highest BCUT2D eigenvalue weighted by Gasteiger charge is 2.22. The van der Waals surface area contributed by atoms with Gasteiger partial charge < -0.3 is 10.6 Å². The van der Waals surface area contributed by atoms with Gasteiger partial charge in [-0.15, -0.1) is 0 Å². The molecule has 21 heavy (non-hydrogen) atoms. The van der Waals surface area contributed by atoms with Crippen molar-refractivity contribution in [1.29, 1.82) is 0 Å². The zero-order valence-electron chi connectivity index (χ0n) is 13.4. The van der Waals surface area contributed by atoms with Gasteiger partial charge in [-0.1, -0.05) is 38.1 Å². The Labute approximate surface area is 127 Å². The van der Waals surface area contributed by atoms with Gasteiger partial charge in [-0.25, -0.2) is 0 Å². The molecule has 0 aromatic heterocycles. The Morgan fingerprint density at radius 2 is 1.81 bits per heavy atom. The number of nitrogens with one attached hydrogen (secondary N) is 2. The fraction of sp³-hybridized carbons (Fsp3) is 0.588. The summed E-state index contributed by atoms with van der Waals surface area (Å²) >= 11 is 0. The molecule has 4 nitrogen and oxygen atoms in total. The van der Waals surface area contributed by atoms with E-state index in [4.69, 9.17) is 0 Å². The summed E-state index contributed by atoms with van der Waals surface area (Å²) in [5.41, 5.74) is 2.49. The Balaban J connectivity index is 1.82. The molecule has 116 valence electrons. The van der Waals surface area contributed by atoms with Crippen LogP contribution in [0.4, 0.5) is 0 Å². The minimum Gasteiger partial charge on any atom is -0.351 e. The fourth-order valence-corrected chi connectivity index (χ4v) is 2.59. The zero-order valence-corrected chi connectivity index (χ0v) is 13.4. The lowest BCUT2D eigenvalue weighted by Crippen LogP contribution is -2.52. The van der Waals surface area contributed by atoms with Crippen LogP contribution in [-0.4, -0.2) is 43.0 Å². The van der Waals surface area contributed by atoms with Gasteiger partial charge in [-0.05, 0) is 24.0 Å². The SMILES string of the molecule is CC(C)c1ccc(CNC(=O)C(C)N2CCNCC2)cc1. The van der Waals surface area contributed by atoms with Crippen molar-refractivity contribution in [2.45, 2.75) is 39.3 Å². The minimum absolute atomic E-state index is 0.0537. The van der Waals surface area contributed by atoms with E-state index in [9.17, 15) is 4.79 Å². The molecule has 0 saturated carbocycles. The highest BCUT2D eigenvalue weighted by atomic mass is 16.2. The van der Waals surface area contributed by atoms with Crippen LogP contribution in [0.5, 0.6) is 0 Å². The van der Waals surface area contributed by atoms with Crippen LogP contribution < -0.4 is 10.6 Å². The number of carbonyl (C=O) groups is 1. The lowest BCUT2D eigenvalue weighted by molar-refractivity contribution is -0.126. The molecule has 1 heterocycles. The summed E-state index contributed by atoms with van der Waals surface area (Å²) in [6.45, 7) is 10.8. The second-order valence-electron chi connectivity index (χ2n) is 6.08. The van der Waals surface area contributed by atoms with Crippen LogP contribution in [0, 0.1) is 0 Å². The lowest BCUT2D eigenvalue weighted by Gasteiger charge is -2.31. The molecule has 1 aliphatic heterocycles. The molecular weight excluding hydrogens is 262 g/mol. The van der Waals surface area contributed by atoms with Crippen molar-refractivity contribution in [3.63, 3.8) is 0 Å². The Hall–Kier alpha value is -1.39. The van der Waals surface area contributed by atoms with E-state index >= 15 is 0 Å². The van der Waals surface area contributed by atoms with Gasteiger partial charge in [0.2, 0.25) is 5.91 Å². The van der Waals surface area contributed by atoms with Gasteiger partial charge in [-0.3, -0.25) is 9.69 Å². The summed E-state index contributed by atoms with van der Waals surface area (Å²) < 4.78 is 0. The molecular formula is C17H27N3O. The highest BCUT2D eigenvalue weighted by molar-refractivity contribution is 5.81. The molecule has 2 N–H and O–H groups in total. The van der Waals surface area contributed by atoms with E-state index in [-0.39, 0.29) is 11.9 Å². The van der Waals surface area contributed by atoms with E-state index in [1.165, 1.54) is 5.56 Å². The Morgan fingerprint density at radius 3 is 2.38 bits per heavy atom. The lowest BCUT2D eigenvalue weighted by atomic mass is 10.0. The first-order valence-electron chi connectivity index (χ1n) is 7.89. The van der Waals surface area contributed by atoms with Crippen molar-refractivity contribution >= 4 is 5.91 Å². The molecule has 0 spiro atoms. The topological polar surface area (TPSA) is 44.4 Å². The van der Waals surface area contributed by atoms with Gasteiger partial charge in [0, 0.05) is 32.7 Å². The average molecular weight is 289 g/mol. The van der Waals surface area contributed by atoms with Crippen molar-refractivity contribution in [3.05, 3.63) is 35.4 Å². The number of nitrogens with zero attached hydrogens (tertiary/aromatic N) is 1. The van der Waals surface area contributed by atoms with E-state index in [2.05, 4.69) is 53.6 Å². The maximum absolute atomic E-state index is 12.2. The molecule has 1 fully saturated rings. The van der Waals surface area contributed by atoms with Crippen LogP contribution in [0.2, 0.25) is 0 Å². The molecule has 0 bridgehead atoms. The highest BCUT2D eigenvalue weighted by Crippen LogP contribution is 2.14. The summed E-state index contributed by atoms with van der Waals surface area (Å²) in [5.74, 6) is 0.659. The second-order valence-corrected chi connectivity index (χ2v) is 6.08. The predicted octanol–water partition coefficient (Wildman–Crippen LogP) is 1.72. The number of hydrogen-bond donors (Lipinski definition) is 2. The Morgan fingerprint density at radius 1 is 1.19 bits per heavy atom. The van der Waals surface area contributed by atoms with E-state index in [1.807, 2.05) is 6.92 Å². The van der Waals surface area contributed by atoms with E-state index in [0.29, 0.717) is 12.5 Å². The first-order chi connectivity index (χ1) is 10.1. The largest absolute Gasteiger partial charge is 0.351 e. The molecule has 1 aromatic rings. The van der Waals surface area contributed by atoms with Crippen LogP contribution in [0.25, 0.3) is 0 Å². The first-order valence-corrected chi connectivity index (χ1v) is 7.89. The number of rotatable bonds is 5. The standard InChI is InChI=1S/C17H27N3O/c1-13(2)16-6-4-15(5-7-16)12-19-17(21)14(3)20-10-8-18-9-11-20/h4-7,13-14,18H,8-12H2,1-3H3,(H,19,21). The number of amides is 1. The summed E-state index contributed by atoms with van der Waals surface area (Å²) in [6, 6.07) is 8.44. The third kappa shape index (κ3) is 4.55. The zero-order chi connectivity index (χ0) is 15.2.